The first kappa shape index (κ1) is 13.8. The third kappa shape index (κ3) is 2.96. The largest absolute Gasteiger partial charge is 0.418 e. The van der Waals surface area contributed by atoms with Crippen LogP contribution in [0.5, 0.6) is 0 Å². The van der Waals surface area contributed by atoms with Crippen LogP contribution >= 0.6 is 0 Å². The molecule has 21 heavy (non-hydrogen) atoms. The average molecular weight is 292 g/mol. The third-order valence-corrected chi connectivity index (χ3v) is 3.73. The van der Waals surface area contributed by atoms with Crippen LogP contribution in [0, 0.1) is 0 Å². The molecule has 2 unspecified atom stereocenters. The van der Waals surface area contributed by atoms with E-state index in [1.807, 2.05) is 30.3 Å². The van der Waals surface area contributed by atoms with Gasteiger partial charge in [0.05, 0.1) is 5.56 Å². The number of hydrogen-bond donors (Lipinski definition) is 2. The van der Waals surface area contributed by atoms with Gasteiger partial charge in [0, 0.05) is 23.3 Å². The predicted octanol–water partition coefficient (Wildman–Crippen LogP) is 4.26. The molecule has 2 atom stereocenters. The van der Waals surface area contributed by atoms with Crippen molar-refractivity contribution >= 4 is 11.4 Å². The van der Waals surface area contributed by atoms with Crippen molar-refractivity contribution in [3.8, 4) is 0 Å². The van der Waals surface area contributed by atoms with Crippen LogP contribution in [0.4, 0.5) is 24.5 Å². The number of nitrogen functional groups attached to an aromatic ring is 1. The number of nitrogens with one attached hydrogen (secondary N) is 1. The van der Waals surface area contributed by atoms with Gasteiger partial charge in [-0.1, -0.05) is 30.3 Å². The highest BCUT2D eigenvalue weighted by Gasteiger charge is 2.39. The quantitative estimate of drug-likeness (QED) is 0.830. The van der Waals surface area contributed by atoms with E-state index in [1.165, 1.54) is 11.6 Å². The summed E-state index contributed by atoms with van der Waals surface area (Å²) in [6, 6.07) is 14.1. The normalized spacial score (nSPS) is 21.1. The topological polar surface area (TPSA) is 38.0 Å². The molecule has 0 amide bonds. The monoisotopic (exact) mass is 292 g/mol. The van der Waals surface area contributed by atoms with Gasteiger partial charge in [-0.2, -0.15) is 13.2 Å². The molecule has 3 N–H and O–H groups in total. The van der Waals surface area contributed by atoms with Crippen LogP contribution in [-0.2, 0) is 6.18 Å². The van der Waals surface area contributed by atoms with Crippen LogP contribution < -0.4 is 11.1 Å². The summed E-state index contributed by atoms with van der Waals surface area (Å²) in [7, 11) is 0. The van der Waals surface area contributed by atoms with Crippen LogP contribution in [0.25, 0.3) is 0 Å². The molecule has 1 aliphatic rings. The minimum Gasteiger partial charge on any atom is -0.398 e. The molecule has 0 aliphatic heterocycles. The lowest BCUT2D eigenvalue weighted by Crippen LogP contribution is -2.11. The second-order valence-electron chi connectivity index (χ2n) is 5.30. The van der Waals surface area contributed by atoms with E-state index in [9.17, 15) is 13.2 Å². The number of alkyl halides is 3. The lowest BCUT2D eigenvalue weighted by Gasteiger charge is -2.13. The molecule has 0 saturated heterocycles. The minimum atomic E-state index is -4.43. The highest BCUT2D eigenvalue weighted by molar-refractivity contribution is 5.59. The standard InChI is InChI=1S/C16H15F3N2/c17-16(18,19)13-8-11(6-7-14(13)20)21-15-9-12(15)10-4-2-1-3-5-10/h1-8,12,15,21H,9,20H2. The predicted molar refractivity (Wildman–Crippen MR) is 77.1 cm³/mol. The second kappa shape index (κ2) is 4.98. The van der Waals surface area contributed by atoms with Crippen molar-refractivity contribution in [1.29, 1.82) is 0 Å². The number of anilines is 2. The van der Waals surface area contributed by atoms with E-state index in [4.69, 9.17) is 5.73 Å². The Kier molecular flexibility index (Phi) is 3.27. The van der Waals surface area contributed by atoms with E-state index in [1.54, 1.807) is 6.07 Å². The summed E-state index contributed by atoms with van der Waals surface area (Å²) in [4.78, 5) is 0. The molecule has 0 bridgehead atoms. The summed E-state index contributed by atoms with van der Waals surface area (Å²) in [5, 5.41) is 3.15. The van der Waals surface area contributed by atoms with Gasteiger partial charge in [-0.25, -0.2) is 0 Å². The summed E-state index contributed by atoms with van der Waals surface area (Å²) in [6.07, 6.45) is -3.50. The van der Waals surface area contributed by atoms with Crippen molar-refractivity contribution in [2.45, 2.75) is 24.6 Å². The lowest BCUT2D eigenvalue weighted by atomic mass is 10.1. The Morgan fingerprint density at radius 3 is 2.43 bits per heavy atom. The Bertz CT molecular complexity index is 638. The van der Waals surface area contributed by atoms with E-state index >= 15 is 0 Å². The summed E-state index contributed by atoms with van der Waals surface area (Å²) in [5.74, 6) is 0.359. The molecule has 0 aromatic heterocycles. The van der Waals surface area contributed by atoms with E-state index < -0.39 is 11.7 Å². The number of halogens is 3. The zero-order valence-corrected chi connectivity index (χ0v) is 11.2. The molecule has 1 saturated carbocycles. The van der Waals surface area contributed by atoms with Crippen LogP contribution in [0.1, 0.15) is 23.5 Å². The van der Waals surface area contributed by atoms with Gasteiger partial charge in [0.25, 0.3) is 0 Å². The maximum Gasteiger partial charge on any atom is 0.418 e. The molecular weight excluding hydrogens is 277 g/mol. The highest BCUT2D eigenvalue weighted by Crippen LogP contribution is 2.43. The fourth-order valence-electron chi connectivity index (χ4n) is 2.53. The average Bonchev–Trinajstić information content (AvgIpc) is 3.20. The Morgan fingerprint density at radius 1 is 1.05 bits per heavy atom. The Hall–Kier alpha value is -2.17. The lowest BCUT2D eigenvalue weighted by molar-refractivity contribution is -0.136. The molecule has 2 aromatic carbocycles. The minimum absolute atomic E-state index is 0.178. The van der Waals surface area contributed by atoms with E-state index in [2.05, 4.69) is 5.32 Å². The first-order valence-electron chi connectivity index (χ1n) is 6.73. The number of rotatable bonds is 3. The maximum absolute atomic E-state index is 12.8. The van der Waals surface area contributed by atoms with Crippen LogP contribution in [0.15, 0.2) is 48.5 Å². The fourth-order valence-corrected chi connectivity index (χ4v) is 2.53. The molecule has 0 spiro atoms. The van der Waals surface area contributed by atoms with E-state index in [-0.39, 0.29) is 11.7 Å². The smallest absolute Gasteiger partial charge is 0.398 e. The van der Waals surface area contributed by atoms with Gasteiger partial charge in [-0.05, 0) is 30.2 Å². The molecule has 2 aromatic rings. The van der Waals surface area contributed by atoms with Crippen molar-refractivity contribution in [1.82, 2.24) is 0 Å². The number of nitrogens with two attached hydrogens (primary N) is 1. The highest BCUT2D eigenvalue weighted by atomic mass is 19.4. The fraction of sp³-hybridized carbons (Fsp3) is 0.250. The Labute approximate surface area is 120 Å². The van der Waals surface area contributed by atoms with Crippen molar-refractivity contribution in [2.24, 2.45) is 0 Å². The molecule has 2 nitrogen and oxygen atoms in total. The SMILES string of the molecule is Nc1ccc(NC2CC2c2ccccc2)cc1C(F)(F)F. The second-order valence-corrected chi connectivity index (χ2v) is 5.30. The zero-order chi connectivity index (χ0) is 15.0. The summed E-state index contributed by atoms with van der Waals surface area (Å²) in [5.41, 5.74) is 6.03. The molecule has 0 heterocycles. The van der Waals surface area contributed by atoms with Gasteiger partial charge in [0.15, 0.2) is 0 Å². The van der Waals surface area contributed by atoms with Gasteiger partial charge in [0.2, 0.25) is 0 Å². The Balaban J connectivity index is 1.73. The molecule has 110 valence electrons. The number of hydrogen-bond acceptors (Lipinski definition) is 2. The molecule has 3 rings (SSSR count). The third-order valence-electron chi connectivity index (χ3n) is 3.73. The summed E-state index contributed by atoms with van der Waals surface area (Å²) < 4.78 is 38.4. The zero-order valence-electron chi connectivity index (χ0n) is 11.2. The van der Waals surface area contributed by atoms with Crippen LogP contribution in [-0.4, -0.2) is 6.04 Å². The van der Waals surface area contributed by atoms with Gasteiger partial charge >= 0.3 is 6.18 Å². The first-order valence-corrected chi connectivity index (χ1v) is 6.73. The molecule has 1 aliphatic carbocycles. The van der Waals surface area contributed by atoms with Crippen LogP contribution in [0.2, 0.25) is 0 Å². The Morgan fingerprint density at radius 2 is 1.76 bits per heavy atom. The molecular formula is C16H15F3N2. The first-order chi connectivity index (χ1) is 9.95. The van der Waals surface area contributed by atoms with Gasteiger partial charge in [-0.15, -0.1) is 0 Å². The van der Waals surface area contributed by atoms with Gasteiger partial charge < -0.3 is 11.1 Å². The van der Waals surface area contributed by atoms with Crippen molar-refractivity contribution in [3.05, 3.63) is 59.7 Å². The van der Waals surface area contributed by atoms with Gasteiger partial charge in [-0.3, -0.25) is 0 Å². The van der Waals surface area contributed by atoms with Crippen LogP contribution in [0.3, 0.4) is 0 Å². The maximum atomic E-state index is 12.8. The summed E-state index contributed by atoms with van der Waals surface area (Å²) in [6.45, 7) is 0. The summed E-state index contributed by atoms with van der Waals surface area (Å²) >= 11 is 0. The molecule has 1 fully saturated rings. The number of benzene rings is 2. The van der Waals surface area contributed by atoms with Gasteiger partial charge in [0.1, 0.15) is 0 Å². The van der Waals surface area contributed by atoms with Crippen molar-refractivity contribution in [2.75, 3.05) is 11.1 Å². The molecule has 0 radical (unpaired) electrons. The van der Waals surface area contributed by atoms with Crippen molar-refractivity contribution < 1.29 is 13.2 Å². The molecule has 5 heteroatoms. The van der Waals surface area contributed by atoms with E-state index in [0.29, 0.717) is 11.6 Å². The van der Waals surface area contributed by atoms with E-state index in [0.717, 1.165) is 12.5 Å². The van der Waals surface area contributed by atoms with Crippen molar-refractivity contribution in [3.63, 3.8) is 0 Å².